The molecule has 8 heavy (non-hydrogen) atoms. The van der Waals surface area contributed by atoms with Crippen LogP contribution >= 0.6 is 0 Å². The molecule has 0 unspecified atom stereocenters. The summed E-state index contributed by atoms with van der Waals surface area (Å²) < 4.78 is 0. The molecule has 0 aromatic heterocycles. The second-order valence-corrected chi connectivity index (χ2v) is 2.01. The Morgan fingerprint density at radius 3 is 2.25 bits per heavy atom. The Bertz CT molecular complexity index is 108. The molecule has 0 fully saturated rings. The summed E-state index contributed by atoms with van der Waals surface area (Å²) in [6.07, 6.45) is 0. The minimum absolute atomic E-state index is 0.0845. The molecule has 0 spiro atoms. The maximum Gasteiger partial charge on any atom is 0.0718 e. The molecular weight excluding hydrogens is 100 g/mol. The van der Waals surface area contributed by atoms with Crippen LogP contribution in [0.3, 0.4) is 0 Å². The van der Waals surface area contributed by atoms with Crippen molar-refractivity contribution in [1.29, 1.82) is 0 Å². The van der Waals surface area contributed by atoms with Gasteiger partial charge in [-0.05, 0) is 11.5 Å². The van der Waals surface area contributed by atoms with Crippen molar-refractivity contribution >= 4 is 0 Å². The van der Waals surface area contributed by atoms with E-state index in [4.69, 9.17) is 5.11 Å². The van der Waals surface area contributed by atoms with Crippen molar-refractivity contribution in [3.05, 3.63) is 17.9 Å². The first-order valence-corrected chi connectivity index (χ1v) is 2.72. The molecule has 0 atom stereocenters. The minimum atomic E-state index is 0.0845. The topological polar surface area (TPSA) is 20.2 Å². The van der Waals surface area contributed by atoms with Gasteiger partial charge in [0.15, 0.2) is 0 Å². The number of rotatable bonds is 2. The van der Waals surface area contributed by atoms with Gasteiger partial charge >= 0.3 is 0 Å². The van der Waals surface area contributed by atoms with Gasteiger partial charge in [-0.25, -0.2) is 0 Å². The molecule has 1 nitrogen and oxygen atoms in total. The van der Waals surface area contributed by atoms with Crippen LogP contribution in [0.5, 0.6) is 0 Å². The normalized spacial score (nSPS) is 9.00. The van der Waals surface area contributed by atoms with E-state index in [-0.39, 0.29) is 6.61 Å². The maximum absolute atomic E-state index is 8.56. The molecule has 0 aliphatic carbocycles. The predicted octanol–water partition coefficient (Wildman–Crippen LogP) is 1.35. The van der Waals surface area contributed by atoms with Crippen LogP contribution in [-0.2, 0) is 0 Å². The van der Waals surface area contributed by atoms with Crippen molar-refractivity contribution in [2.24, 2.45) is 5.92 Å². The van der Waals surface area contributed by atoms with Crippen LogP contribution in [0.2, 0.25) is 0 Å². The highest BCUT2D eigenvalue weighted by Gasteiger charge is 1.97. The third-order valence-electron chi connectivity index (χ3n) is 1.09. The molecule has 0 aliphatic heterocycles. The lowest BCUT2D eigenvalue weighted by molar-refractivity contribution is 0.319. The highest BCUT2D eigenvalue weighted by Crippen LogP contribution is 2.04. The summed E-state index contributed by atoms with van der Waals surface area (Å²) in [7, 11) is 0. The van der Waals surface area contributed by atoms with Crippen molar-refractivity contribution in [1.82, 2.24) is 0 Å². The van der Waals surface area contributed by atoms with E-state index in [0.29, 0.717) is 5.92 Å². The van der Waals surface area contributed by atoms with E-state index < -0.39 is 0 Å². The van der Waals surface area contributed by atoms with E-state index in [1.807, 2.05) is 13.8 Å². The summed E-state index contributed by atoms with van der Waals surface area (Å²) in [5.41, 5.74) is 3.55. The lowest BCUT2D eigenvalue weighted by Crippen LogP contribution is -1.96. The SMILES string of the molecule is C=C=C(CO)C(C)C. The number of aliphatic hydroxyl groups excluding tert-OH is 1. The second kappa shape index (κ2) is 3.48. The molecule has 0 amide bonds. The van der Waals surface area contributed by atoms with Crippen LogP contribution in [0, 0.1) is 5.92 Å². The lowest BCUT2D eigenvalue weighted by atomic mass is 10.1. The molecule has 0 saturated carbocycles. The first-order chi connectivity index (χ1) is 3.72. The smallest absolute Gasteiger partial charge is 0.0718 e. The highest BCUT2D eigenvalue weighted by molar-refractivity contribution is 5.01. The van der Waals surface area contributed by atoms with Crippen LogP contribution < -0.4 is 0 Å². The van der Waals surface area contributed by atoms with Gasteiger partial charge in [0.25, 0.3) is 0 Å². The van der Waals surface area contributed by atoms with Crippen molar-refractivity contribution < 1.29 is 5.11 Å². The van der Waals surface area contributed by atoms with Gasteiger partial charge in [0.1, 0.15) is 0 Å². The van der Waals surface area contributed by atoms with Crippen molar-refractivity contribution in [3.8, 4) is 0 Å². The second-order valence-electron chi connectivity index (χ2n) is 2.01. The van der Waals surface area contributed by atoms with Gasteiger partial charge in [0.2, 0.25) is 0 Å². The Labute approximate surface area is 50.3 Å². The quantitative estimate of drug-likeness (QED) is 0.534. The zero-order valence-corrected chi connectivity index (χ0v) is 5.44. The molecule has 0 radical (unpaired) electrons. The van der Waals surface area contributed by atoms with Crippen LogP contribution in [0.25, 0.3) is 0 Å². The Balaban J connectivity index is 3.92. The average molecular weight is 112 g/mol. The average Bonchev–Trinajstić information content (AvgIpc) is 1.69. The standard InChI is InChI=1S/C7H12O/c1-4-7(5-8)6(2)3/h6,8H,1,5H2,2-3H3. The Morgan fingerprint density at radius 2 is 2.25 bits per heavy atom. The molecule has 1 heteroatoms. The Hall–Kier alpha value is -0.520. The van der Waals surface area contributed by atoms with Gasteiger partial charge in [0, 0.05) is 0 Å². The van der Waals surface area contributed by atoms with Gasteiger partial charge in [0.05, 0.1) is 6.61 Å². The molecule has 0 heterocycles. The van der Waals surface area contributed by atoms with E-state index in [1.165, 1.54) is 0 Å². The lowest BCUT2D eigenvalue weighted by Gasteiger charge is -2.01. The first kappa shape index (κ1) is 7.48. The van der Waals surface area contributed by atoms with Crippen LogP contribution in [0.1, 0.15) is 13.8 Å². The highest BCUT2D eigenvalue weighted by atomic mass is 16.3. The van der Waals surface area contributed by atoms with Crippen LogP contribution in [-0.4, -0.2) is 11.7 Å². The van der Waals surface area contributed by atoms with E-state index in [0.717, 1.165) is 5.57 Å². The Morgan fingerprint density at radius 1 is 1.75 bits per heavy atom. The summed E-state index contributed by atoms with van der Waals surface area (Å²) in [6.45, 7) is 7.52. The van der Waals surface area contributed by atoms with Crippen molar-refractivity contribution in [2.75, 3.05) is 6.61 Å². The third kappa shape index (κ3) is 1.97. The van der Waals surface area contributed by atoms with E-state index in [2.05, 4.69) is 12.3 Å². The molecule has 1 N–H and O–H groups in total. The van der Waals surface area contributed by atoms with Crippen molar-refractivity contribution in [3.63, 3.8) is 0 Å². The summed E-state index contributed by atoms with van der Waals surface area (Å²) in [6, 6.07) is 0. The molecule has 0 bridgehead atoms. The van der Waals surface area contributed by atoms with Gasteiger partial charge in [-0.1, -0.05) is 20.4 Å². The van der Waals surface area contributed by atoms with Gasteiger partial charge in [-0.2, -0.15) is 0 Å². The number of hydrogen-bond donors (Lipinski definition) is 1. The number of aliphatic hydroxyl groups is 1. The largest absolute Gasteiger partial charge is 0.391 e. The fraction of sp³-hybridized carbons (Fsp3) is 0.571. The molecule has 0 aliphatic rings. The summed E-state index contributed by atoms with van der Waals surface area (Å²) in [4.78, 5) is 0. The van der Waals surface area contributed by atoms with Gasteiger partial charge in [-0.15, -0.1) is 5.73 Å². The molecule has 0 aromatic rings. The molecule has 46 valence electrons. The van der Waals surface area contributed by atoms with E-state index in [9.17, 15) is 0 Å². The molecule has 0 saturated heterocycles. The zero-order chi connectivity index (χ0) is 6.57. The summed E-state index contributed by atoms with van der Waals surface area (Å²) in [5, 5.41) is 8.56. The third-order valence-corrected chi connectivity index (χ3v) is 1.09. The number of hydrogen-bond acceptors (Lipinski definition) is 1. The van der Waals surface area contributed by atoms with Gasteiger partial charge < -0.3 is 5.11 Å². The van der Waals surface area contributed by atoms with Crippen LogP contribution in [0.4, 0.5) is 0 Å². The molecule has 0 rings (SSSR count). The predicted molar refractivity (Wildman–Crippen MR) is 34.6 cm³/mol. The molecular formula is C7H12O. The zero-order valence-electron chi connectivity index (χ0n) is 5.44. The minimum Gasteiger partial charge on any atom is -0.391 e. The Kier molecular flexibility index (Phi) is 3.25. The van der Waals surface area contributed by atoms with Gasteiger partial charge in [-0.3, -0.25) is 0 Å². The van der Waals surface area contributed by atoms with Crippen molar-refractivity contribution in [2.45, 2.75) is 13.8 Å². The van der Waals surface area contributed by atoms with E-state index in [1.54, 1.807) is 0 Å². The molecule has 0 aromatic carbocycles. The van der Waals surface area contributed by atoms with Crippen LogP contribution in [0.15, 0.2) is 17.9 Å². The fourth-order valence-electron chi connectivity index (χ4n) is 0.443. The monoisotopic (exact) mass is 112 g/mol. The summed E-state index contributed by atoms with van der Waals surface area (Å²) >= 11 is 0. The fourth-order valence-corrected chi connectivity index (χ4v) is 0.443. The van der Waals surface area contributed by atoms with E-state index >= 15 is 0 Å². The maximum atomic E-state index is 8.56. The summed E-state index contributed by atoms with van der Waals surface area (Å²) in [5.74, 6) is 0.373. The first-order valence-electron chi connectivity index (χ1n) is 2.72.